The van der Waals surface area contributed by atoms with Gasteiger partial charge >= 0.3 is 0 Å². The number of hydrogen-bond donors (Lipinski definition) is 2. The number of phenols is 2. The first-order chi connectivity index (χ1) is 14.4. The summed E-state index contributed by atoms with van der Waals surface area (Å²) in [6, 6.07) is 1.76. The van der Waals surface area contributed by atoms with Gasteiger partial charge in [0.2, 0.25) is 0 Å². The Hall–Kier alpha value is -2.03. The van der Waals surface area contributed by atoms with Crippen LogP contribution < -0.4 is 0 Å². The first-order valence-electron chi connectivity index (χ1n) is 11.9. The number of phenolic OH excluding ortho intramolecular Hbond substituents is 2. The van der Waals surface area contributed by atoms with E-state index in [4.69, 9.17) is 0 Å². The average molecular weight is 421 g/mol. The number of benzene rings is 1. The Kier molecular flexibility index (Phi) is 4.07. The molecule has 0 saturated heterocycles. The number of aromatic hydroxyl groups is 2. The van der Waals surface area contributed by atoms with Crippen LogP contribution in [-0.2, 0) is 4.79 Å². The van der Waals surface area contributed by atoms with Gasteiger partial charge in [0.25, 0.3) is 0 Å². The predicted molar refractivity (Wildman–Crippen MR) is 125 cm³/mol. The van der Waals surface area contributed by atoms with Crippen molar-refractivity contribution in [2.24, 2.45) is 33.5 Å². The standard InChI is InChI=1S/C28H36O3/c1-16-13-23-25(3,15-22(16)30)11-12-28(6)26(4)9-7-18-17(2)24(31)21(29)14-19(18)20(26)8-10-27(23,28)5/h7-9,14,16,23,29,31H,10-13,15H2,1-6H3/t16-,23?,25+,26-,27+,28-/m1/s1. The summed E-state index contributed by atoms with van der Waals surface area (Å²) < 4.78 is 0. The van der Waals surface area contributed by atoms with E-state index < -0.39 is 0 Å². The summed E-state index contributed by atoms with van der Waals surface area (Å²) in [6.45, 7) is 13.7. The highest BCUT2D eigenvalue weighted by Gasteiger charge is 2.67. The van der Waals surface area contributed by atoms with Crippen LogP contribution in [0.25, 0.3) is 11.6 Å². The molecule has 5 rings (SSSR count). The number of Topliss-reactive ketones (excluding diaryl/α,β-unsaturated/α-hetero) is 1. The Morgan fingerprint density at radius 1 is 1.10 bits per heavy atom. The second kappa shape index (κ2) is 6.05. The molecule has 0 aromatic heterocycles. The van der Waals surface area contributed by atoms with E-state index in [-0.39, 0.29) is 39.1 Å². The number of rotatable bonds is 0. The van der Waals surface area contributed by atoms with Crippen molar-refractivity contribution in [2.45, 2.75) is 73.6 Å². The predicted octanol–water partition coefficient (Wildman–Crippen LogP) is 6.65. The van der Waals surface area contributed by atoms with Gasteiger partial charge in [-0.3, -0.25) is 4.79 Å². The minimum absolute atomic E-state index is 0.0197. The van der Waals surface area contributed by atoms with Gasteiger partial charge in [0.05, 0.1) is 0 Å². The van der Waals surface area contributed by atoms with Crippen molar-refractivity contribution in [3.05, 3.63) is 34.9 Å². The van der Waals surface area contributed by atoms with Crippen molar-refractivity contribution in [3.63, 3.8) is 0 Å². The molecule has 166 valence electrons. The fourth-order valence-electron chi connectivity index (χ4n) is 8.16. The van der Waals surface area contributed by atoms with Crippen molar-refractivity contribution in [1.29, 1.82) is 0 Å². The van der Waals surface area contributed by atoms with Gasteiger partial charge in [-0.2, -0.15) is 0 Å². The zero-order valence-corrected chi connectivity index (χ0v) is 19.8. The molecule has 2 saturated carbocycles. The third kappa shape index (κ3) is 2.33. The molecule has 0 spiro atoms. The van der Waals surface area contributed by atoms with Crippen LogP contribution in [0.15, 0.2) is 18.2 Å². The van der Waals surface area contributed by atoms with E-state index in [1.165, 1.54) is 5.57 Å². The molecule has 0 amide bonds. The number of carbonyl (C=O) groups excluding carboxylic acids is 1. The van der Waals surface area contributed by atoms with Gasteiger partial charge in [0.1, 0.15) is 5.78 Å². The Balaban J connectivity index is 1.69. The van der Waals surface area contributed by atoms with Crippen molar-refractivity contribution < 1.29 is 15.0 Å². The van der Waals surface area contributed by atoms with Crippen LogP contribution in [0.5, 0.6) is 11.5 Å². The smallest absolute Gasteiger partial charge is 0.161 e. The normalized spacial score (nSPS) is 43.4. The molecule has 1 aromatic carbocycles. The van der Waals surface area contributed by atoms with Crippen molar-refractivity contribution in [3.8, 4) is 11.5 Å². The second-order valence-electron chi connectivity index (χ2n) is 11.9. The number of allylic oxidation sites excluding steroid dienone is 3. The summed E-state index contributed by atoms with van der Waals surface area (Å²) in [7, 11) is 0. The largest absolute Gasteiger partial charge is 0.504 e. The molecule has 4 aliphatic rings. The lowest BCUT2D eigenvalue weighted by Crippen LogP contribution is -2.63. The Labute approximate surface area is 186 Å². The van der Waals surface area contributed by atoms with Gasteiger partial charge < -0.3 is 10.2 Å². The van der Waals surface area contributed by atoms with Crippen molar-refractivity contribution in [1.82, 2.24) is 0 Å². The fraction of sp³-hybridized carbons (Fsp3) is 0.607. The van der Waals surface area contributed by atoms with Crippen LogP contribution >= 0.6 is 0 Å². The summed E-state index contributed by atoms with van der Waals surface area (Å²) >= 11 is 0. The van der Waals surface area contributed by atoms with Gasteiger partial charge in [-0.25, -0.2) is 0 Å². The molecule has 0 aliphatic heterocycles. The highest BCUT2D eigenvalue weighted by molar-refractivity contribution is 5.88. The zero-order chi connectivity index (χ0) is 22.6. The SMILES string of the molecule is Cc1c(O)c(O)cc2c1C=C[C@]1(C)C2=CC[C@@]2(C)C3C[C@@H](C)C(=O)C[C@]3(C)CC[C@@]21C. The third-order valence-electron chi connectivity index (χ3n) is 10.7. The highest BCUT2D eigenvalue weighted by atomic mass is 16.3. The quantitative estimate of drug-likeness (QED) is 0.462. The maximum absolute atomic E-state index is 12.7. The molecule has 6 atom stereocenters. The maximum atomic E-state index is 12.7. The number of carbonyl (C=O) groups is 1. The number of fused-ring (bicyclic) bond motifs is 7. The molecule has 1 aromatic rings. The lowest BCUT2D eigenvalue weighted by Gasteiger charge is -2.69. The van der Waals surface area contributed by atoms with Gasteiger partial charge in [0.15, 0.2) is 11.5 Å². The van der Waals surface area contributed by atoms with Gasteiger partial charge in [-0.15, -0.1) is 0 Å². The molecule has 2 N–H and O–H groups in total. The van der Waals surface area contributed by atoms with E-state index >= 15 is 0 Å². The Morgan fingerprint density at radius 2 is 1.81 bits per heavy atom. The lowest BCUT2D eigenvalue weighted by molar-refractivity contribution is -0.173. The molecule has 2 fully saturated rings. The zero-order valence-electron chi connectivity index (χ0n) is 19.8. The first kappa shape index (κ1) is 20.8. The maximum Gasteiger partial charge on any atom is 0.161 e. The topological polar surface area (TPSA) is 57.5 Å². The molecule has 4 aliphatic carbocycles. The minimum Gasteiger partial charge on any atom is -0.504 e. The molecular weight excluding hydrogens is 384 g/mol. The number of ketones is 1. The van der Waals surface area contributed by atoms with E-state index in [1.807, 2.05) is 6.92 Å². The molecule has 0 bridgehead atoms. The Bertz CT molecular complexity index is 1060. The van der Waals surface area contributed by atoms with Gasteiger partial charge in [-0.05, 0) is 77.5 Å². The molecule has 3 heteroatoms. The van der Waals surface area contributed by atoms with Gasteiger partial charge in [-0.1, -0.05) is 52.8 Å². The van der Waals surface area contributed by atoms with E-state index in [2.05, 4.69) is 52.8 Å². The van der Waals surface area contributed by atoms with E-state index in [1.54, 1.807) is 6.07 Å². The molecule has 0 heterocycles. The van der Waals surface area contributed by atoms with Crippen molar-refractivity contribution in [2.75, 3.05) is 0 Å². The van der Waals surface area contributed by atoms with Crippen LogP contribution in [0.2, 0.25) is 0 Å². The van der Waals surface area contributed by atoms with Crippen LogP contribution in [0, 0.1) is 40.4 Å². The minimum atomic E-state index is -0.158. The van der Waals surface area contributed by atoms with Crippen LogP contribution in [0.4, 0.5) is 0 Å². The monoisotopic (exact) mass is 420 g/mol. The van der Waals surface area contributed by atoms with E-state index in [9.17, 15) is 15.0 Å². The molecule has 31 heavy (non-hydrogen) atoms. The average Bonchev–Trinajstić information content (AvgIpc) is 2.70. The third-order valence-corrected chi connectivity index (χ3v) is 10.7. The summed E-state index contributed by atoms with van der Waals surface area (Å²) in [5.74, 6) is 1.06. The summed E-state index contributed by atoms with van der Waals surface area (Å²) in [4.78, 5) is 12.7. The molecular formula is C28H36O3. The lowest BCUT2D eigenvalue weighted by atomic mass is 9.34. The van der Waals surface area contributed by atoms with E-state index in [0.29, 0.717) is 11.7 Å². The second-order valence-corrected chi connectivity index (χ2v) is 11.9. The molecule has 0 radical (unpaired) electrons. The first-order valence-corrected chi connectivity index (χ1v) is 11.9. The van der Waals surface area contributed by atoms with Crippen LogP contribution in [0.3, 0.4) is 0 Å². The van der Waals surface area contributed by atoms with Crippen LogP contribution in [0.1, 0.15) is 83.4 Å². The summed E-state index contributed by atoms with van der Waals surface area (Å²) in [6.07, 6.45) is 11.8. The van der Waals surface area contributed by atoms with Gasteiger partial charge in [0, 0.05) is 23.3 Å². The highest BCUT2D eigenvalue weighted by Crippen LogP contribution is 2.75. The number of hydrogen-bond acceptors (Lipinski definition) is 3. The Morgan fingerprint density at radius 3 is 2.52 bits per heavy atom. The fourth-order valence-corrected chi connectivity index (χ4v) is 8.16. The molecule has 3 nitrogen and oxygen atoms in total. The summed E-state index contributed by atoms with van der Waals surface area (Å²) in [5.41, 5.74) is 4.18. The van der Waals surface area contributed by atoms with Crippen molar-refractivity contribution >= 4 is 17.4 Å². The van der Waals surface area contributed by atoms with Crippen LogP contribution in [-0.4, -0.2) is 16.0 Å². The molecule has 1 unspecified atom stereocenters. The van der Waals surface area contributed by atoms with E-state index in [0.717, 1.165) is 48.8 Å². The summed E-state index contributed by atoms with van der Waals surface area (Å²) in [5, 5.41) is 20.7.